The minimum absolute atomic E-state index is 0.109. The Morgan fingerprint density at radius 3 is 2.65 bits per heavy atom. The third-order valence-electron chi connectivity index (χ3n) is 6.59. The number of carbonyl (C=O) groups excluding carboxylic acids is 2. The fourth-order valence-corrected chi connectivity index (χ4v) is 5.37. The zero-order valence-electron chi connectivity index (χ0n) is 20.9. The molecule has 1 aliphatic carbocycles. The molecule has 3 aromatic heterocycles. The van der Waals surface area contributed by atoms with E-state index >= 15 is 0 Å². The summed E-state index contributed by atoms with van der Waals surface area (Å²) in [6, 6.07) is 12.5. The topological polar surface area (TPSA) is 106 Å². The normalized spacial score (nSPS) is 14.4. The molecule has 5 rings (SSSR count). The van der Waals surface area contributed by atoms with E-state index in [0.29, 0.717) is 17.1 Å². The zero-order chi connectivity index (χ0) is 25.8. The van der Waals surface area contributed by atoms with E-state index in [0.717, 1.165) is 41.7 Å². The molecule has 0 bridgehead atoms. The Morgan fingerprint density at radius 1 is 1.14 bits per heavy atom. The maximum absolute atomic E-state index is 14.0. The first kappa shape index (κ1) is 24.8. The van der Waals surface area contributed by atoms with Crippen molar-refractivity contribution in [2.75, 3.05) is 4.90 Å². The van der Waals surface area contributed by atoms with Crippen molar-refractivity contribution in [3.63, 3.8) is 0 Å². The van der Waals surface area contributed by atoms with E-state index in [-0.39, 0.29) is 24.4 Å². The molecule has 4 aromatic rings. The first-order valence-electron chi connectivity index (χ1n) is 12.4. The molecule has 1 atom stereocenters. The van der Waals surface area contributed by atoms with Gasteiger partial charge < -0.3 is 5.32 Å². The Kier molecular flexibility index (Phi) is 7.36. The van der Waals surface area contributed by atoms with Crippen LogP contribution in [0.15, 0.2) is 60.2 Å². The van der Waals surface area contributed by atoms with Crippen molar-refractivity contribution in [2.45, 2.75) is 58.2 Å². The SMILES string of the molecule is Cc1ccc(C)c(N(C(=O)Cn2nnc(-c3cccs3)n2)[C@@H](C(=O)NC2CCCC2)c2ccncc2)c1. The fourth-order valence-electron chi connectivity index (χ4n) is 4.72. The zero-order valence-corrected chi connectivity index (χ0v) is 21.7. The summed E-state index contributed by atoms with van der Waals surface area (Å²) in [7, 11) is 0. The average molecular weight is 516 g/mol. The highest BCUT2D eigenvalue weighted by Crippen LogP contribution is 2.32. The monoisotopic (exact) mass is 515 g/mol. The molecule has 9 nitrogen and oxygen atoms in total. The molecule has 1 aliphatic rings. The molecule has 0 aliphatic heterocycles. The third-order valence-corrected chi connectivity index (χ3v) is 7.46. The number of rotatable bonds is 8. The molecule has 0 radical (unpaired) electrons. The van der Waals surface area contributed by atoms with Gasteiger partial charge >= 0.3 is 0 Å². The van der Waals surface area contributed by atoms with Crippen LogP contribution in [0.25, 0.3) is 10.7 Å². The molecule has 0 saturated heterocycles. The Balaban J connectivity index is 1.53. The van der Waals surface area contributed by atoms with Gasteiger partial charge in [0, 0.05) is 24.1 Å². The second-order valence-electron chi connectivity index (χ2n) is 9.35. The van der Waals surface area contributed by atoms with Crippen molar-refractivity contribution in [3.8, 4) is 10.7 Å². The predicted octanol–water partition coefficient (Wildman–Crippen LogP) is 4.25. The highest BCUT2D eigenvalue weighted by Gasteiger charge is 2.35. The highest BCUT2D eigenvalue weighted by atomic mass is 32.1. The molecule has 1 N–H and O–H groups in total. The lowest BCUT2D eigenvalue weighted by Crippen LogP contribution is -2.47. The molecular formula is C27H29N7O2S. The predicted molar refractivity (Wildman–Crippen MR) is 142 cm³/mol. The molecule has 37 heavy (non-hydrogen) atoms. The van der Waals surface area contributed by atoms with Gasteiger partial charge in [0.05, 0.1) is 4.88 Å². The molecule has 190 valence electrons. The van der Waals surface area contributed by atoms with Crippen LogP contribution >= 0.6 is 11.3 Å². The number of hydrogen-bond donors (Lipinski definition) is 1. The van der Waals surface area contributed by atoms with Gasteiger partial charge in [-0.15, -0.1) is 21.5 Å². The van der Waals surface area contributed by atoms with Gasteiger partial charge in [-0.05, 0) is 78.2 Å². The van der Waals surface area contributed by atoms with Crippen molar-refractivity contribution >= 4 is 28.8 Å². The van der Waals surface area contributed by atoms with E-state index in [1.165, 1.54) is 16.1 Å². The highest BCUT2D eigenvalue weighted by molar-refractivity contribution is 7.13. The van der Waals surface area contributed by atoms with E-state index in [1.54, 1.807) is 29.4 Å². The minimum atomic E-state index is -0.878. The first-order chi connectivity index (χ1) is 18.0. The van der Waals surface area contributed by atoms with Crippen LogP contribution in [0.5, 0.6) is 0 Å². The molecule has 0 spiro atoms. The van der Waals surface area contributed by atoms with Crippen LogP contribution in [-0.4, -0.2) is 43.0 Å². The van der Waals surface area contributed by atoms with Gasteiger partial charge in [0.15, 0.2) is 0 Å². The first-order valence-corrected chi connectivity index (χ1v) is 13.3. The van der Waals surface area contributed by atoms with Crippen molar-refractivity contribution in [3.05, 3.63) is 76.9 Å². The number of benzene rings is 1. The largest absolute Gasteiger partial charge is 0.351 e. The molecular weight excluding hydrogens is 486 g/mol. The van der Waals surface area contributed by atoms with Gasteiger partial charge in [0.25, 0.3) is 5.91 Å². The lowest BCUT2D eigenvalue weighted by Gasteiger charge is -2.33. The molecule has 0 unspecified atom stereocenters. The lowest BCUT2D eigenvalue weighted by molar-refractivity contribution is -0.127. The number of tetrazole rings is 1. The summed E-state index contributed by atoms with van der Waals surface area (Å²) in [4.78, 5) is 35.7. The Bertz CT molecular complexity index is 1360. The molecule has 1 aromatic carbocycles. The molecule has 10 heteroatoms. The Labute approximate surface area is 219 Å². The molecule has 1 saturated carbocycles. The summed E-state index contributed by atoms with van der Waals surface area (Å²) in [6.07, 6.45) is 7.36. The molecule has 2 amide bonds. The smallest absolute Gasteiger partial charge is 0.251 e. The Morgan fingerprint density at radius 2 is 1.92 bits per heavy atom. The van der Waals surface area contributed by atoms with E-state index in [4.69, 9.17) is 0 Å². The number of carbonyl (C=O) groups is 2. The fraction of sp³-hybridized carbons (Fsp3) is 0.333. The number of aryl methyl sites for hydroxylation is 2. The van der Waals surface area contributed by atoms with Crippen molar-refractivity contribution < 1.29 is 9.59 Å². The van der Waals surface area contributed by atoms with Gasteiger partial charge in [-0.25, -0.2) is 0 Å². The number of thiophene rings is 1. The summed E-state index contributed by atoms with van der Waals surface area (Å²) in [5.74, 6) is -0.0591. The van der Waals surface area contributed by atoms with Gasteiger partial charge in [-0.1, -0.05) is 31.0 Å². The number of aromatic nitrogens is 5. The molecule has 3 heterocycles. The van der Waals surface area contributed by atoms with Crippen LogP contribution in [0.1, 0.15) is 48.4 Å². The van der Waals surface area contributed by atoms with Gasteiger partial charge in [0.1, 0.15) is 12.6 Å². The summed E-state index contributed by atoms with van der Waals surface area (Å²) >= 11 is 1.50. The second-order valence-corrected chi connectivity index (χ2v) is 10.3. The van der Waals surface area contributed by atoms with Crippen molar-refractivity contribution in [1.82, 2.24) is 30.5 Å². The van der Waals surface area contributed by atoms with Gasteiger partial charge in [0.2, 0.25) is 11.7 Å². The van der Waals surface area contributed by atoms with Crippen LogP contribution in [0.2, 0.25) is 0 Å². The number of hydrogen-bond acceptors (Lipinski definition) is 7. The van der Waals surface area contributed by atoms with Crippen LogP contribution in [0, 0.1) is 13.8 Å². The summed E-state index contributed by atoms with van der Waals surface area (Å²) in [5.41, 5.74) is 3.23. The van der Waals surface area contributed by atoms with E-state index in [9.17, 15) is 9.59 Å². The molecule has 1 fully saturated rings. The van der Waals surface area contributed by atoms with E-state index < -0.39 is 6.04 Å². The van der Waals surface area contributed by atoms with E-state index in [1.807, 2.05) is 49.6 Å². The number of amides is 2. The lowest BCUT2D eigenvalue weighted by atomic mass is 10.0. The number of pyridine rings is 1. The minimum Gasteiger partial charge on any atom is -0.351 e. The summed E-state index contributed by atoms with van der Waals surface area (Å²) < 4.78 is 0. The van der Waals surface area contributed by atoms with Crippen LogP contribution in [-0.2, 0) is 16.1 Å². The van der Waals surface area contributed by atoms with Crippen molar-refractivity contribution in [1.29, 1.82) is 0 Å². The quantitative estimate of drug-likeness (QED) is 0.376. The number of nitrogens with one attached hydrogen (secondary N) is 1. The van der Waals surface area contributed by atoms with Crippen molar-refractivity contribution in [2.24, 2.45) is 0 Å². The van der Waals surface area contributed by atoms with E-state index in [2.05, 4.69) is 25.7 Å². The standard InChI is InChI=1S/C27H29N7O2S/c1-18-9-10-19(2)22(16-18)34(24(35)17-33-31-26(30-32-33)23-8-5-15-37-23)25(20-11-13-28-14-12-20)27(36)29-21-6-3-4-7-21/h5,8-16,21,25H,3-4,6-7,17H2,1-2H3,(H,29,36)/t25-/m1/s1. The summed E-state index contributed by atoms with van der Waals surface area (Å²) in [5, 5.41) is 17.8. The number of anilines is 1. The van der Waals surface area contributed by atoms with Gasteiger partial charge in [-0.2, -0.15) is 4.80 Å². The maximum Gasteiger partial charge on any atom is 0.251 e. The second kappa shape index (κ2) is 11.0. The van der Waals surface area contributed by atoms with Crippen LogP contribution in [0.4, 0.5) is 5.69 Å². The third kappa shape index (κ3) is 5.59. The Hall–Kier alpha value is -3.92. The summed E-state index contributed by atoms with van der Waals surface area (Å²) in [6.45, 7) is 3.75. The van der Waals surface area contributed by atoms with Crippen LogP contribution in [0.3, 0.4) is 0 Å². The van der Waals surface area contributed by atoms with Gasteiger partial charge in [-0.3, -0.25) is 19.5 Å². The average Bonchev–Trinajstić information content (AvgIpc) is 3.68. The maximum atomic E-state index is 14.0. The van der Waals surface area contributed by atoms with Crippen LogP contribution < -0.4 is 10.2 Å². The number of nitrogens with zero attached hydrogens (tertiary/aromatic N) is 6.